The van der Waals surface area contributed by atoms with Crippen LogP contribution in [0.3, 0.4) is 0 Å². The monoisotopic (exact) mass is 420 g/mol. The molecule has 1 saturated carbocycles. The Morgan fingerprint density at radius 3 is 2.53 bits per heavy atom. The fourth-order valence-electron chi connectivity index (χ4n) is 4.12. The molecule has 2 fully saturated rings. The maximum Gasteiger partial charge on any atom is 0.407 e. The van der Waals surface area contributed by atoms with E-state index in [-0.39, 0.29) is 41.5 Å². The molecule has 1 aliphatic carbocycles. The first-order valence-electron chi connectivity index (χ1n) is 11.1. The third-order valence-corrected chi connectivity index (χ3v) is 5.69. The van der Waals surface area contributed by atoms with Gasteiger partial charge >= 0.3 is 6.09 Å². The molecule has 8 nitrogen and oxygen atoms in total. The molecule has 1 saturated heterocycles. The van der Waals surface area contributed by atoms with Gasteiger partial charge in [0.15, 0.2) is 0 Å². The zero-order valence-corrected chi connectivity index (χ0v) is 18.9. The Morgan fingerprint density at radius 2 is 1.90 bits per heavy atom. The molecule has 0 radical (unpaired) electrons. The van der Waals surface area contributed by atoms with Crippen molar-refractivity contribution < 1.29 is 19.1 Å². The van der Waals surface area contributed by atoms with E-state index in [9.17, 15) is 9.59 Å². The number of hydrogen-bond donors (Lipinski definition) is 2. The highest BCUT2D eigenvalue weighted by molar-refractivity contribution is 5.92. The molecule has 2 unspecified atom stereocenters. The summed E-state index contributed by atoms with van der Waals surface area (Å²) in [6.07, 6.45) is 3.52. The maximum absolute atomic E-state index is 12.8. The molecule has 2 heterocycles. The lowest BCUT2D eigenvalue weighted by Crippen LogP contribution is -2.33. The number of aromatic nitrogens is 2. The fourth-order valence-corrected chi connectivity index (χ4v) is 4.12. The van der Waals surface area contributed by atoms with Crippen LogP contribution in [0, 0.1) is 5.92 Å². The predicted molar refractivity (Wildman–Crippen MR) is 115 cm³/mol. The van der Waals surface area contributed by atoms with Crippen LogP contribution in [0.4, 0.5) is 10.6 Å². The second-order valence-electron chi connectivity index (χ2n) is 9.75. The smallest absolute Gasteiger partial charge is 0.407 e. The average Bonchev–Trinajstić information content (AvgIpc) is 3.28. The van der Waals surface area contributed by atoms with Gasteiger partial charge in [0, 0.05) is 37.2 Å². The van der Waals surface area contributed by atoms with E-state index in [0.717, 1.165) is 43.6 Å². The van der Waals surface area contributed by atoms with Crippen LogP contribution in [0.5, 0.6) is 0 Å². The van der Waals surface area contributed by atoms with E-state index in [1.807, 2.05) is 24.6 Å². The Balaban J connectivity index is 1.68. The molecule has 1 aliphatic heterocycles. The molecule has 0 spiro atoms. The zero-order valence-electron chi connectivity index (χ0n) is 18.9. The summed E-state index contributed by atoms with van der Waals surface area (Å²) in [5.74, 6) is 0.961. The quantitative estimate of drug-likeness (QED) is 0.756. The normalized spacial score (nSPS) is 22.9. The highest BCUT2D eigenvalue weighted by atomic mass is 16.6. The number of carbonyl (C=O) groups is 2. The number of hydrogen-bond acceptors (Lipinski definition) is 5. The van der Waals surface area contributed by atoms with Crippen LogP contribution < -0.4 is 10.6 Å². The highest BCUT2D eigenvalue weighted by Crippen LogP contribution is 2.37. The molecule has 2 N–H and O–H groups in total. The Hall–Kier alpha value is -2.09. The first kappa shape index (κ1) is 22.6. The predicted octanol–water partition coefficient (Wildman–Crippen LogP) is 3.77. The van der Waals surface area contributed by atoms with Crippen LogP contribution in [-0.2, 0) is 19.8 Å². The van der Waals surface area contributed by atoms with Gasteiger partial charge in [0.05, 0.1) is 11.2 Å². The van der Waals surface area contributed by atoms with Crippen LogP contribution in [0.2, 0.25) is 0 Å². The third-order valence-electron chi connectivity index (χ3n) is 5.69. The number of alkyl carbamates (subject to hydrolysis) is 1. The molecule has 2 aliphatic rings. The number of nitrogens with zero attached hydrogens (tertiary/aromatic N) is 2. The third kappa shape index (κ3) is 5.74. The Labute approximate surface area is 179 Å². The molecule has 2 atom stereocenters. The summed E-state index contributed by atoms with van der Waals surface area (Å²) in [4.78, 5) is 24.7. The van der Waals surface area contributed by atoms with Gasteiger partial charge in [-0.1, -0.05) is 0 Å². The molecule has 168 valence electrons. The first-order valence-corrected chi connectivity index (χ1v) is 11.1. The van der Waals surface area contributed by atoms with Crippen molar-refractivity contribution >= 4 is 17.8 Å². The van der Waals surface area contributed by atoms with Gasteiger partial charge in [-0.3, -0.25) is 4.79 Å². The van der Waals surface area contributed by atoms with Crippen LogP contribution in [0.15, 0.2) is 6.07 Å². The van der Waals surface area contributed by atoms with E-state index in [4.69, 9.17) is 14.6 Å². The van der Waals surface area contributed by atoms with E-state index < -0.39 is 0 Å². The lowest BCUT2D eigenvalue weighted by atomic mass is 9.99. The maximum atomic E-state index is 12.8. The summed E-state index contributed by atoms with van der Waals surface area (Å²) in [5, 5.41) is 10.7. The second-order valence-corrected chi connectivity index (χ2v) is 9.75. The number of nitrogens with one attached hydrogen (secondary N) is 2. The summed E-state index contributed by atoms with van der Waals surface area (Å²) in [6, 6.07) is 2.04. The van der Waals surface area contributed by atoms with Crippen molar-refractivity contribution in [3.8, 4) is 0 Å². The Kier molecular flexibility index (Phi) is 7.06. The Bertz CT molecular complexity index is 747. The molecule has 1 aromatic rings. The van der Waals surface area contributed by atoms with Gasteiger partial charge in [-0.25, -0.2) is 9.48 Å². The van der Waals surface area contributed by atoms with Gasteiger partial charge < -0.3 is 20.1 Å². The van der Waals surface area contributed by atoms with Gasteiger partial charge in [-0.15, -0.1) is 0 Å². The fraction of sp³-hybridized carbons (Fsp3) is 0.773. The van der Waals surface area contributed by atoms with Crippen molar-refractivity contribution in [1.82, 2.24) is 15.1 Å². The molecule has 0 bridgehead atoms. The summed E-state index contributed by atoms with van der Waals surface area (Å²) < 4.78 is 12.8. The molecule has 8 heteroatoms. The van der Waals surface area contributed by atoms with Crippen molar-refractivity contribution in [3.63, 3.8) is 0 Å². The summed E-state index contributed by atoms with van der Waals surface area (Å²) in [5.41, 5.74) is 0.685. The van der Waals surface area contributed by atoms with Crippen LogP contribution in [0.25, 0.3) is 0 Å². The molecule has 1 aromatic heterocycles. The van der Waals surface area contributed by atoms with Gasteiger partial charge in [-0.2, -0.15) is 5.10 Å². The summed E-state index contributed by atoms with van der Waals surface area (Å²) in [6.45, 7) is 11.3. The Morgan fingerprint density at radius 1 is 1.20 bits per heavy atom. The van der Waals surface area contributed by atoms with Gasteiger partial charge in [0.2, 0.25) is 5.91 Å². The molecule has 30 heavy (non-hydrogen) atoms. The zero-order chi connectivity index (χ0) is 21.9. The minimum absolute atomic E-state index is 0.0192. The minimum atomic E-state index is -0.361. The second kappa shape index (κ2) is 9.37. The topological polar surface area (TPSA) is 94.5 Å². The van der Waals surface area contributed by atoms with Crippen LogP contribution in [0.1, 0.15) is 78.3 Å². The molecular formula is C22H36N4O4. The van der Waals surface area contributed by atoms with E-state index in [2.05, 4.69) is 31.4 Å². The van der Waals surface area contributed by atoms with Crippen molar-refractivity contribution in [2.24, 2.45) is 5.92 Å². The molecular weight excluding hydrogens is 384 g/mol. The molecule has 0 aromatic carbocycles. The molecule has 3 rings (SSSR count). The van der Waals surface area contributed by atoms with E-state index in [1.54, 1.807) is 0 Å². The SMILES string of the molecule is CC(C)NC(=O)OC1CCC(c2cc(NC(=O)C3CCOCC3)n(C(C)(C)C)n2)C1. The molecule has 2 amide bonds. The van der Waals surface area contributed by atoms with Crippen molar-refractivity contribution in [2.75, 3.05) is 18.5 Å². The lowest BCUT2D eigenvalue weighted by Gasteiger charge is -2.25. The minimum Gasteiger partial charge on any atom is -0.446 e. The summed E-state index contributed by atoms with van der Waals surface area (Å²) >= 11 is 0. The van der Waals surface area contributed by atoms with E-state index >= 15 is 0 Å². The van der Waals surface area contributed by atoms with Gasteiger partial charge in [0.1, 0.15) is 11.9 Å². The number of carbonyl (C=O) groups excluding carboxylic acids is 2. The van der Waals surface area contributed by atoms with Gasteiger partial charge in [0.25, 0.3) is 0 Å². The van der Waals surface area contributed by atoms with Crippen molar-refractivity contribution in [3.05, 3.63) is 11.8 Å². The average molecular weight is 421 g/mol. The van der Waals surface area contributed by atoms with Gasteiger partial charge in [-0.05, 0) is 66.7 Å². The number of amides is 2. The lowest BCUT2D eigenvalue weighted by molar-refractivity contribution is -0.122. The largest absolute Gasteiger partial charge is 0.446 e. The van der Waals surface area contributed by atoms with Crippen LogP contribution >= 0.6 is 0 Å². The van der Waals surface area contributed by atoms with E-state index in [1.165, 1.54) is 0 Å². The van der Waals surface area contributed by atoms with E-state index in [0.29, 0.717) is 13.2 Å². The van der Waals surface area contributed by atoms with Crippen molar-refractivity contribution in [1.29, 1.82) is 0 Å². The summed E-state index contributed by atoms with van der Waals surface area (Å²) in [7, 11) is 0. The number of ether oxygens (including phenoxy) is 2. The number of rotatable bonds is 5. The highest BCUT2D eigenvalue weighted by Gasteiger charge is 2.33. The number of anilines is 1. The van der Waals surface area contributed by atoms with Crippen LogP contribution in [-0.4, -0.2) is 47.1 Å². The van der Waals surface area contributed by atoms with Crippen molar-refractivity contribution in [2.45, 2.75) is 90.3 Å². The first-order chi connectivity index (χ1) is 14.1. The standard InChI is InChI=1S/C22H36N4O4/c1-14(2)23-21(28)30-17-7-6-16(12-17)18-13-19(26(25-18)22(3,4)5)24-20(27)15-8-10-29-11-9-15/h13-17H,6-12H2,1-5H3,(H,23,28)(H,24,27).